The van der Waals surface area contributed by atoms with Gasteiger partial charge in [-0.1, -0.05) is 48.5 Å². The smallest absolute Gasteiger partial charge is 0.312 e. The molecule has 6 nitrogen and oxygen atoms in total. The number of benzene rings is 4. The second-order valence-corrected chi connectivity index (χ2v) is 8.15. The second kappa shape index (κ2) is 11.4. The fourth-order valence-electron chi connectivity index (χ4n) is 3.72. The van der Waals surface area contributed by atoms with Gasteiger partial charge in [-0.3, -0.25) is 9.59 Å². The Bertz CT molecular complexity index is 1450. The van der Waals surface area contributed by atoms with Gasteiger partial charge in [0, 0.05) is 0 Å². The van der Waals surface area contributed by atoms with Crippen molar-refractivity contribution in [1.82, 2.24) is 0 Å². The SMILES string of the molecule is COC(=O)C(C)c1ccc2cc(O)ccc2c1.[2H]C([2H])([2H])Oc1ccc2cc(C(C)C(=O)OC)ccc2c1. The van der Waals surface area contributed by atoms with Crippen LogP contribution in [0.5, 0.6) is 11.5 Å². The van der Waals surface area contributed by atoms with Gasteiger partial charge in [0.2, 0.25) is 0 Å². The Morgan fingerprint density at radius 1 is 0.714 bits per heavy atom. The van der Waals surface area contributed by atoms with Crippen LogP contribution in [0.2, 0.25) is 0 Å². The van der Waals surface area contributed by atoms with Crippen LogP contribution in [-0.4, -0.2) is 38.3 Å². The number of esters is 2. The molecule has 0 radical (unpaired) electrons. The van der Waals surface area contributed by atoms with E-state index in [1.54, 1.807) is 37.3 Å². The summed E-state index contributed by atoms with van der Waals surface area (Å²) in [4.78, 5) is 23.0. The quantitative estimate of drug-likeness (QED) is 0.358. The third kappa shape index (κ3) is 6.09. The van der Waals surface area contributed by atoms with E-state index in [0.29, 0.717) is 0 Å². The summed E-state index contributed by atoms with van der Waals surface area (Å²) < 4.78 is 35.6. The maximum absolute atomic E-state index is 11.6. The Hall–Kier alpha value is -4.06. The van der Waals surface area contributed by atoms with Gasteiger partial charge in [-0.15, -0.1) is 0 Å². The van der Waals surface area contributed by atoms with Crippen LogP contribution in [0.3, 0.4) is 0 Å². The summed E-state index contributed by atoms with van der Waals surface area (Å²) in [6.07, 6.45) is 0. The lowest BCUT2D eigenvalue weighted by Gasteiger charge is -2.10. The van der Waals surface area contributed by atoms with Gasteiger partial charge in [-0.25, -0.2) is 0 Å². The first-order valence-electron chi connectivity index (χ1n) is 12.5. The fraction of sp³-hybridized carbons (Fsp3) is 0.241. The van der Waals surface area contributed by atoms with E-state index in [-0.39, 0.29) is 35.3 Å². The van der Waals surface area contributed by atoms with E-state index in [1.165, 1.54) is 14.2 Å². The molecule has 4 rings (SSSR count). The summed E-state index contributed by atoms with van der Waals surface area (Å²) in [5, 5.41) is 13.1. The van der Waals surface area contributed by atoms with Crippen molar-refractivity contribution in [3.05, 3.63) is 83.9 Å². The Morgan fingerprint density at radius 2 is 1.17 bits per heavy atom. The Labute approximate surface area is 209 Å². The number of carbonyl (C=O) groups is 2. The topological polar surface area (TPSA) is 82.1 Å². The van der Waals surface area contributed by atoms with E-state index in [1.807, 2.05) is 49.4 Å². The van der Waals surface area contributed by atoms with E-state index in [4.69, 9.17) is 18.3 Å². The Morgan fingerprint density at radius 3 is 1.69 bits per heavy atom. The predicted octanol–water partition coefficient (Wildman–Crippen LogP) is 5.95. The molecule has 0 aliphatic heterocycles. The molecule has 4 aromatic carbocycles. The molecule has 0 spiro atoms. The molecular weight excluding hydrogens is 444 g/mol. The van der Waals surface area contributed by atoms with Crippen molar-refractivity contribution in [2.45, 2.75) is 25.7 Å². The van der Waals surface area contributed by atoms with Gasteiger partial charge >= 0.3 is 11.9 Å². The lowest BCUT2D eigenvalue weighted by Crippen LogP contribution is -2.10. The first-order valence-corrected chi connectivity index (χ1v) is 11.0. The van der Waals surface area contributed by atoms with E-state index in [0.717, 1.165) is 32.7 Å². The lowest BCUT2D eigenvalue weighted by atomic mass is 9.98. The molecule has 0 heterocycles. The maximum Gasteiger partial charge on any atom is 0.312 e. The second-order valence-electron chi connectivity index (χ2n) is 8.15. The largest absolute Gasteiger partial charge is 0.508 e. The van der Waals surface area contributed by atoms with Crippen molar-refractivity contribution in [1.29, 1.82) is 0 Å². The third-order valence-corrected chi connectivity index (χ3v) is 5.91. The van der Waals surface area contributed by atoms with Crippen molar-refractivity contribution in [2.24, 2.45) is 0 Å². The highest BCUT2D eigenvalue weighted by Gasteiger charge is 2.16. The van der Waals surface area contributed by atoms with Gasteiger partial charge in [0.05, 0.1) is 37.2 Å². The molecule has 4 aromatic rings. The molecule has 0 aromatic heterocycles. The van der Waals surface area contributed by atoms with E-state index < -0.39 is 7.04 Å². The number of phenolic OH excluding ortho intramolecular Hbond substituents is 1. The number of hydrogen-bond acceptors (Lipinski definition) is 6. The van der Waals surface area contributed by atoms with Gasteiger partial charge in [0.1, 0.15) is 11.5 Å². The maximum atomic E-state index is 11.6. The highest BCUT2D eigenvalue weighted by Crippen LogP contribution is 2.26. The zero-order chi connectivity index (χ0) is 28.0. The molecule has 0 aliphatic rings. The molecular formula is C29H30O6. The molecule has 2 atom stereocenters. The summed E-state index contributed by atoms with van der Waals surface area (Å²) in [5.41, 5.74) is 1.76. The predicted molar refractivity (Wildman–Crippen MR) is 137 cm³/mol. The van der Waals surface area contributed by atoms with Gasteiger partial charge in [0.15, 0.2) is 0 Å². The molecule has 0 saturated heterocycles. The minimum Gasteiger partial charge on any atom is -0.508 e. The van der Waals surface area contributed by atoms with Crippen LogP contribution in [0.25, 0.3) is 21.5 Å². The summed E-state index contributed by atoms with van der Waals surface area (Å²) in [6.45, 7) is 3.59. The minimum atomic E-state index is -2.47. The number of hydrogen-bond donors (Lipinski definition) is 1. The van der Waals surface area contributed by atoms with Crippen LogP contribution in [0.4, 0.5) is 0 Å². The number of aromatic hydroxyl groups is 1. The number of phenols is 1. The number of fused-ring (bicyclic) bond motifs is 2. The summed E-state index contributed by atoms with van der Waals surface area (Å²) in [7, 11) is 0.281. The Kier molecular flexibility index (Phi) is 6.98. The average Bonchev–Trinajstić information content (AvgIpc) is 2.90. The van der Waals surface area contributed by atoms with Crippen molar-refractivity contribution in [3.8, 4) is 11.5 Å². The van der Waals surface area contributed by atoms with Gasteiger partial charge in [-0.05, 0) is 70.8 Å². The van der Waals surface area contributed by atoms with Crippen molar-refractivity contribution >= 4 is 33.5 Å². The number of ether oxygens (including phenoxy) is 3. The molecule has 0 saturated carbocycles. The molecule has 0 fully saturated rings. The minimum absolute atomic E-state index is 0.242. The number of carbonyl (C=O) groups excluding carboxylic acids is 2. The standard InChI is InChI=1S/C15H16O3.C14H14O3/c1-10(15(16)18-3)11-4-5-13-9-14(17-2)7-6-12(13)8-11;1-9(14(16)17-2)10-3-4-12-8-13(15)6-5-11(12)7-10/h4-10H,1-3H3;3-9,15H,1-2H3/i2D3;. The van der Waals surface area contributed by atoms with E-state index in [2.05, 4.69) is 0 Å². The molecule has 0 amide bonds. The number of methoxy groups -OCH3 is 3. The molecule has 182 valence electrons. The molecule has 0 aliphatic carbocycles. The van der Waals surface area contributed by atoms with Crippen LogP contribution in [0.1, 0.15) is 40.9 Å². The first kappa shape index (κ1) is 21.5. The van der Waals surface area contributed by atoms with Crippen molar-refractivity contribution in [3.63, 3.8) is 0 Å². The van der Waals surface area contributed by atoms with Gasteiger partial charge in [-0.2, -0.15) is 0 Å². The lowest BCUT2D eigenvalue weighted by molar-refractivity contribution is -0.142. The number of rotatable bonds is 5. The zero-order valence-corrected chi connectivity index (χ0v) is 20.1. The molecule has 0 bridgehead atoms. The summed E-state index contributed by atoms with van der Waals surface area (Å²) in [5.74, 6) is -0.640. The van der Waals surface area contributed by atoms with E-state index >= 15 is 0 Å². The van der Waals surface area contributed by atoms with Crippen LogP contribution in [0, 0.1) is 0 Å². The highest BCUT2D eigenvalue weighted by atomic mass is 16.5. The Balaban J connectivity index is 0.000000215. The summed E-state index contributed by atoms with van der Waals surface area (Å²) in [6, 6.07) is 21.4. The van der Waals surface area contributed by atoms with E-state index in [9.17, 15) is 14.7 Å². The summed E-state index contributed by atoms with van der Waals surface area (Å²) >= 11 is 0. The normalized spacial score (nSPS) is 13.9. The first-order chi connectivity index (χ1) is 17.9. The fourth-order valence-corrected chi connectivity index (χ4v) is 3.72. The van der Waals surface area contributed by atoms with Crippen molar-refractivity contribution in [2.75, 3.05) is 21.3 Å². The van der Waals surface area contributed by atoms with Crippen LogP contribution in [0.15, 0.2) is 72.8 Å². The van der Waals surface area contributed by atoms with Gasteiger partial charge < -0.3 is 19.3 Å². The molecule has 6 heteroatoms. The molecule has 35 heavy (non-hydrogen) atoms. The van der Waals surface area contributed by atoms with Crippen LogP contribution < -0.4 is 4.74 Å². The van der Waals surface area contributed by atoms with Crippen LogP contribution >= 0.6 is 0 Å². The third-order valence-electron chi connectivity index (χ3n) is 5.91. The monoisotopic (exact) mass is 477 g/mol. The van der Waals surface area contributed by atoms with Crippen molar-refractivity contribution < 1.29 is 33.0 Å². The van der Waals surface area contributed by atoms with Gasteiger partial charge in [0.25, 0.3) is 0 Å². The average molecular weight is 478 g/mol. The molecule has 1 N–H and O–H groups in total. The van der Waals surface area contributed by atoms with Crippen LogP contribution in [-0.2, 0) is 19.1 Å². The zero-order valence-electron chi connectivity index (χ0n) is 23.1. The molecule has 2 unspecified atom stereocenters. The highest BCUT2D eigenvalue weighted by molar-refractivity contribution is 5.87.